The summed E-state index contributed by atoms with van der Waals surface area (Å²) in [6.07, 6.45) is 0.718. The Morgan fingerprint density at radius 3 is 2.86 bits per heavy atom. The van der Waals surface area contributed by atoms with Crippen molar-refractivity contribution in [2.75, 3.05) is 13.8 Å². The third-order valence-electron chi connectivity index (χ3n) is 1.39. The van der Waals surface area contributed by atoms with Gasteiger partial charge in [0.05, 0.1) is 7.11 Å². The number of alkyl halides is 3. The van der Waals surface area contributed by atoms with E-state index in [9.17, 15) is 18.0 Å². The van der Waals surface area contributed by atoms with Crippen molar-refractivity contribution in [3.05, 3.63) is 12.2 Å². The summed E-state index contributed by atoms with van der Waals surface area (Å²) < 4.78 is 41.4. The van der Waals surface area contributed by atoms with Crippen LogP contribution in [0, 0.1) is 0 Å². The van der Waals surface area contributed by atoms with Crippen molar-refractivity contribution in [2.24, 2.45) is 0 Å². The molecule has 0 atom stereocenters. The van der Waals surface area contributed by atoms with Gasteiger partial charge in [-0.1, -0.05) is 0 Å². The van der Waals surface area contributed by atoms with Gasteiger partial charge in [-0.3, -0.25) is 0 Å². The van der Waals surface area contributed by atoms with Gasteiger partial charge in [0.1, 0.15) is 6.33 Å². The fourth-order valence-corrected chi connectivity index (χ4v) is 0.768. The highest BCUT2D eigenvalue weighted by atomic mass is 19.3. The first-order chi connectivity index (χ1) is 6.53. The first-order valence-electron chi connectivity index (χ1n) is 3.45. The SMILES string of the molecule is COC(=O)c1ncnn1C(F)(F)CF. The van der Waals surface area contributed by atoms with Crippen LogP contribution in [0.3, 0.4) is 0 Å². The van der Waals surface area contributed by atoms with Crippen LogP contribution < -0.4 is 0 Å². The van der Waals surface area contributed by atoms with Crippen molar-refractivity contribution in [3.63, 3.8) is 0 Å². The molecule has 0 fully saturated rings. The van der Waals surface area contributed by atoms with E-state index in [0.717, 1.165) is 13.4 Å². The van der Waals surface area contributed by atoms with E-state index in [1.807, 2.05) is 0 Å². The molecular weight excluding hydrogens is 203 g/mol. The number of methoxy groups -OCH3 is 1. The second-order valence-electron chi connectivity index (χ2n) is 2.29. The first-order valence-corrected chi connectivity index (χ1v) is 3.45. The molecule has 1 rings (SSSR count). The van der Waals surface area contributed by atoms with Gasteiger partial charge in [0.2, 0.25) is 5.82 Å². The van der Waals surface area contributed by atoms with Gasteiger partial charge in [0.15, 0.2) is 6.67 Å². The molecule has 8 heteroatoms. The van der Waals surface area contributed by atoms with Crippen molar-refractivity contribution in [2.45, 2.75) is 6.05 Å². The lowest BCUT2D eigenvalue weighted by Crippen LogP contribution is -2.30. The highest BCUT2D eigenvalue weighted by molar-refractivity contribution is 5.85. The summed E-state index contributed by atoms with van der Waals surface area (Å²) >= 11 is 0. The standard InChI is InChI=1S/C6H6F3N3O2/c1-14-5(13)4-10-3-11-12(4)6(8,9)2-7/h3H,2H2,1H3. The first kappa shape index (κ1) is 10.5. The summed E-state index contributed by atoms with van der Waals surface area (Å²) in [4.78, 5) is 14.1. The molecule has 0 unspecified atom stereocenters. The number of hydrogen-bond acceptors (Lipinski definition) is 4. The average Bonchev–Trinajstić information content (AvgIpc) is 2.65. The van der Waals surface area contributed by atoms with Crippen molar-refractivity contribution in [3.8, 4) is 0 Å². The number of esters is 1. The van der Waals surface area contributed by atoms with Crippen molar-refractivity contribution < 1.29 is 22.7 Å². The summed E-state index contributed by atoms with van der Waals surface area (Å²) in [7, 11) is 0.995. The smallest absolute Gasteiger partial charge is 0.376 e. The molecule has 0 amide bonds. The molecule has 78 valence electrons. The molecule has 0 saturated heterocycles. The Kier molecular flexibility index (Phi) is 2.73. The van der Waals surface area contributed by atoms with Gasteiger partial charge in [0.25, 0.3) is 0 Å². The van der Waals surface area contributed by atoms with E-state index in [0.29, 0.717) is 0 Å². The highest BCUT2D eigenvalue weighted by Gasteiger charge is 2.37. The maximum absolute atomic E-state index is 12.8. The second kappa shape index (κ2) is 3.64. The Morgan fingerprint density at radius 2 is 2.36 bits per heavy atom. The minimum absolute atomic E-state index is 0.112. The van der Waals surface area contributed by atoms with Gasteiger partial charge in [-0.2, -0.15) is 18.6 Å². The topological polar surface area (TPSA) is 57.0 Å². The fraction of sp³-hybridized carbons (Fsp3) is 0.500. The normalized spacial score (nSPS) is 11.4. The largest absolute Gasteiger partial charge is 0.463 e. The molecule has 14 heavy (non-hydrogen) atoms. The lowest BCUT2D eigenvalue weighted by Gasteiger charge is -2.13. The minimum Gasteiger partial charge on any atom is -0.463 e. The Morgan fingerprint density at radius 1 is 1.71 bits per heavy atom. The van der Waals surface area contributed by atoms with Gasteiger partial charge in [-0.05, 0) is 0 Å². The number of carbonyl (C=O) groups is 1. The van der Waals surface area contributed by atoms with Gasteiger partial charge in [0, 0.05) is 0 Å². The molecule has 5 nitrogen and oxygen atoms in total. The molecule has 0 spiro atoms. The van der Waals surface area contributed by atoms with Crippen LogP contribution in [0.2, 0.25) is 0 Å². The zero-order valence-corrected chi connectivity index (χ0v) is 7.08. The van der Waals surface area contributed by atoms with E-state index in [-0.39, 0.29) is 4.68 Å². The number of rotatable bonds is 3. The molecule has 0 saturated carbocycles. The van der Waals surface area contributed by atoms with Crippen LogP contribution in [0.4, 0.5) is 13.2 Å². The van der Waals surface area contributed by atoms with E-state index in [4.69, 9.17) is 0 Å². The summed E-state index contributed by atoms with van der Waals surface area (Å²) in [6, 6.07) is -3.89. The monoisotopic (exact) mass is 209 g/mol. The molecule has 0 bridgehead atoms. The minimum atomic E-state index is -3.89. The summed E-state index contributed by atoms with van der Waals surface area (Å²) in [6.45, 7) is -1.97. The molecule has 0 aliphatic heterocycles. The van der Waals surface area contributed by atoms with Crippen LogP contribution in [0.15, 0.2) is 6.33 Å². The molecule has 0 aliphatic rings. The van der Waals surface area contributed by atoms with Gasteiger partial charge < -0.3 is 4.74 Å². The van der Waals surface area contributed by atoms with Crippen molar-refractivity contribution >= 4 is 5.97 Å². The lowest BCUT2D eigenvalue weighted by atomic mass is 10.5. The molecule has 0 N–H and O–H groups in total. The third kappa shape index (κ3) is 1.68. The molecule has 1 heterocycles. The highest BCUT2D eigenvalue weighted by Crippen LogP contribution is 2.21. The Hall–Kier alpha value is -1.60. The number of ether oxygens (including phenoxy) is 1. The van der Waals surface area contributed by atoms with Gasteiger partial charge >= 0.3 is 12.0 Å². The Balaban J connectivity index is 3.10. The van der Waals surface area contributed by atoms with Gasteiger partial charge in [-0.25, -0.2) is 14.2 Å². The van der Waals surface area contributed by atoms with E-state index >= 15 is 0 Å². The van der Waals surface area contributed by atoms with Crippen LogP contribution in [-0.2, 0) is 10.8 Å². The molecular formula is C6H6F3N3O2. The van der Waals surface area contributed by atoms with Crippen LogP contribution in [0.25, 0.3) is 0 Å². The average molecular weight is 209 g/mol. The fourth-order valence-electron chi connectivity index (χ4n) is 0.768. The number of halogens is 3. The molecule has 1 aromatic rings. The van der Waals surface area contributed by atoms with Crippen LogP contribution in [-0.4, -0.2) is 34.5 Å². The Labute approximate surface area is 76.5 Å². The quantitative estimate of drug-likeness (QED) is 0.683. The van der Waals surface area contributed by atoms with Crippen molar-refractivity contribution in [1.29, 1.82) is 0 Å². The van der Waals surface area contributed by atoms with Crippen LogP contribution >= 0.6 is 0 Å². The number of aromatic nitrogens is 3. The second-order valence-corrected chi connectivity index (χ2v) is 2.29. The Bertz CT molecular complexity index is 339. The molecule has 0 radical (unpaired) electrons. The van der Waals surface area contributed by atoms with E-state index in [2.05, 4.69) is 14.8 Å². The number of carbonyl (C=O) groups excluding carboxylic acids is 1. The maximum Gasteiger partial charge on any atom is 0.376 e. The van der Waals surface area contributed by atoms with Gasteiger partial charge in [-0.15, -0.1) is 0 Å². The number of nitrogens with zero attached hydrogens (tertiary/aromatic N) is 3. The summed E-state index contributed by atoms with van der Waals surface area (Å²) in [5.74, 6) is -1.84. The summed E-state index contributed by atoms with van der Waals surface area (Å²) in [5, 5.41) is 3.04. The van der Waals surface area contributed by atoms with E-state index < -0.39 is 24.5 Å². The predicted molar refractivity (Wildman–Crippen MR) is 37.5 cm³/mol. The summed E-state index contributed by atoms with van der Waals surface area (Å²) in [5.41, 5.74) is 0. The molecule has 0 aromatic carbocycles. The maximum atomic E-state index is 12.8. The zero-order valence-electron chi connectivity index (χ0n) is 7.08. The van der Waals surface area contributed by atoms with Crippen LogP contribution in [0.5, 0.6) is 0 Å². The van der Waals surface area contributed by atoms with E-state index in [1.54, 1.807) is 0 Å². The van der Waals surface area contributed by atoms with Crippen molar-refractivity contribution in [1.82, 2.24) is 14.8 Å². The lowest BCUT2D eigenvalue weighted by molar-refractivity contribution is -0.111. The molecule has 1 aromatic heterocycles. The zero-order chi connectivity index (χ0) is 10.8. The number of hydrogen-bond donors (Lipinski definition) is 0. The van der Waals surface area contributed by atoms with E-state index in [1.165, 1.54) is 0 Å². The third-order valence-corrected chi connectivity index (χ3v) is 1.39. The molecule has 0 aliphatic carbocycles. The van der Waals surface area contributed by atoms with Crippen LogP contribution in [0.1, 0.15) is 10.6 Å². The predicted octanol–water partition coefficient (Wildman–Crippen LogP) is 0.584.